The molecule has 0 spiro atoms. The normalized spacial score (nSPS) is 13.9. The number of nitrogens with zero attached hydrogens (tertiary/aromatic N) is 1. The van der Waals surface area contributed by atoms with Gasteiger partial charge in [0.15, 0.2) is 0 Å². The number of benzene rings is 1. The number of rotatable bonds is 10. The molecule has 1 aliphatic carbocycles. The summed E-state index contributed by atoms with van der Waals surface area (Å²) < 4.78 is 18.8. The highest BCUT2D eigenvalue weighted by molar-refractivity contribution is 5.68. The molecular weight excluding hydrogens is 347 g/mol. The number of halogens is 1. The van der Waals surface area contributed by atoms with Gasteiger partial charge < -0.3 is 15.2 Å². The fourth-order valence-corrected chi connectivity index (χ4v) is 3.00. The second kappa shape index (κ2) is 10.5. The lowest BCUT2D eigenvalue weighted by atomic mass is 9.93. The van der Waals surface area contributed by atoms with E-state index in [4.69, 9.17) is 14.6 Å². The van der Waals surface area contributed by atoms with Crippen LogP contribution in [0.1, 0.15) is 38.7 Å². The number of hydrogen-bond acceptors (Lipinski definition) is 4. The first-order valence-electron chi connectivity index (χ1n) is 9.12. The number of hydrogen-bond donors (Lipinski definition) is 2. The Hall–Kier alpha value is -2.63. The summed E-state index contributed by atoms with van der Waals surface area (Å²) >= 11 is 0. The van der Waals surface area contributed by atoms with Crippen LogP contribution in [-0.2, 0) is 11.2 Å². The van der Waals surface area contributed by atoms with Gasteiger partial charge in [-0.15, -0.1) is 0 Å². The zero-order valence-electron chi connectivity index (χ0n) is 15.7. The first-order chi connectivity index (χ1) is 13.2. The molecule has 1 saturated carbocycles. The molecule has 0 radical (unpaired) electrons. The SMILES string of the molecule is C.O=C(O)CC1(Cc2ccc(OCCCNc3ccccn3)cc2)CC1.[3H]F. The van der Waals surface area contributed by atoms with E-state index in [1.165, 1.54) is 5.56 Å². The average molecular weight is 378 g/mol. The fraction of sp³-hybridized carbons (Fsp3) is 0.429. The van der Waals surface area contributed by atoms with Crippen LogP contribution < -0.4 is 10.1 Å². The van der Waals surface area contributed by atoms with Crippen molar-refractivity contribution in [2.24, 2.45) is 5.41 Å². The molecule has 0 aliphatic heterocycles. The highest BCUT2D eigenvalue weighted by atomic mass is 19.0. The summed E-state index contributed by atoms with van der Waals surface area (Å²) in [6, 6.07) is 13.8. The molecule has 1 aromatic heterocycles. The smallest absolute Gasteiger partial charge is 0.303 e. The highest BCUT2D eigenvalue weighted by Crippen LogP contribution is 2.51. The minimum Gasteiger partial charge on any atom is -0.494 e. The highest BCUT2D eigenvalue weighted by Gasteiger charge is 2.44. The molecule has 3 rings (SSSR count). The van der Waals surface area contributed by atoms with Crippen molar-refractivity contribution in [3.05, 3.63) is 54.2 Å². The molecule has 1 fully saturated rings. The van der Waals surface area contributed by atoms with Crippen LogP contribution in [0.15, 0.2) is 48.7 Å². The van der Waals surface area contributed by atoms with Crippen LogP contribution in [0, 0.1) is 5.41 Å². The van der Waals surface area contributed by atoms with Crippen molar-refractivity contribution in [2.75, 3.05) is 18.5 Å². The molecule has 2 N–H and O–H groups in total. The van der Waals surface area contributed by atoms with Crippen molar-refractivity contribution in [1.29, 1.82) is 1.45 Å². The summed E-state index contributed by atoms with van der Waals surface area (Å²) in [6.45, 7) is 1.45. The molecule has 1 aromatic carbocycles. The maximum absolute atomic E-state index is 10.9. The van der Waals surface area contributed by atoms with E-state index in [0.29, 0.717) is 6.61 Å². The molecule has 1 aliphatic rings. The summed E-state index contributed by atoms with van der Waals surface area (Å²) in [5.74, 6) is 1.03. The van der Waals surface area contributed by atoms with Crippen LogP contribution in [0.4, 0.5) is 10.5 Å². The molecule has 2 aromatic rings. The van der Waals surface area contributed by atoms with Crippen LogP contribution in [0.25, 0.3) is 0 Å². The van der Waals surface area contributed by atoms with Gasteiger partial charge in [-0.25, -0.2) is 4.98 Å². The summed E-state index contributed by atoms with van der Waals surface area (Å²) in [7, 11) is 0. The Morgan fingerprint density at radius 1 is 1.26 bits per heavy atom. The first-order valence-corrected chi connectivity index (χ1v) is 8.74. The molecule has 1 heterocycles. The van der Waals surface area contributed by atoms with Gasteiger partial charge >= 0.3 is 5.97 Å². The van der Waals surface area contributed by atoms with Gasteiger partial charge in [0.1, 0.15) is 11.6 Å². The van der Waals surface area contributed by atoms with E-state index in [1.54, 1.807) is 6.20 Å². The minimum atomic E-state index is -0.697. The number of nitrogens with one attached hydrogen (secondary N) is 1. The lowest BCUT2D eigenvalue weighted by molar-refractivity contribution is -0.138. The molecule has 5 nitrogen and oxygen atoms in total. The first kappa shape index (κ1) is 20.7. The predicted molar refractivity (Wildman–Crippen MR) is 106 cm³/mol. The Kier molecular flexibility index (Phi) is 8.04. The Bertz CT molecular complexity index is 695. The van der Waals surface area contributed by atoms with Gasteiger partial charge in [-0.05, 0) is 60.9 Å². The van der Waals surface area contributed by atoms with Crippen LogP contribution in [0.5, 0.6) is 5.75 Å². The standard InChI is InChI=1S/C20H24N2O3.CH4.FH/c23-19(24)15-20(9-10-20)14-16-5-7-17(8-6-16)25-13-3-12-22-18-4-1-2-11-21-18;;/h1-2,4-8,11H,3,9-10,12-15H2,(H,21,22)(H,23,24);1H4;1H/i/hT. The van der Waals surface area contributed by atoms with Crippen molar-refractivity contribution in [3.8, 4) is 5.75 Å². The van der Waals surface area contributed by atoms with Gasteiger partial charge in [0.05, 0.1) is 13.0 Å². The quantitative estimate of drug-likeness (QED) is 0.594. The zero-order valence-corrected chi connectivity index (χ0v) is 14.7. The topological polar surface area (TPSA) is 71.5 Å². The molecule has 148 valence electrons. The van der Waals surface area contributed by atoms with E-state index in [0.717, 1.165) is 43.8 Å². The number of carboxylic acid groups (broad SMARTS) is 1. The Balaban J connectivity index is 0.00000127. The van der Waals surface area contributed by atoms with Crippen molar-refractivity contribution in [3.63, 3.8) is 0 Å². The average Bonchev–Trinajstić information content (AvgIpc) is 3.43. The van der Waals surface area contributed by atoms with Gasteiger partial charge in [-0.1, -0.05) is 25.6 Å². The second-order valence-corrected chi connectivity index (χ2v) is 6.74. The van der Waals surface area contributed by atoms with E-state index in [2.05, 4.69) is 11.8 Å². The Morgan fingerprint density at radius 2 is 2.00 bits per heavy atom. The number of aromatic nitrogens is 1. The van der Waals surface area contributed by atoms with Crippen LogP contribution in [0.3, 0.4) is 0 Å². The Morgan fingerprint density at radius 3 is 2.59 bits per heavy atom. The van der Waals surface area contributed by atoms with Gasteiger partial charge in [0, 0.05) is 12.7 Å². The number of pyridine rings is 1. The summed E-state index contributed by atoms with van der Waals surface area (Å²) in [5, 5.41) is 12.2. The van der Waals surface area contributed by atoms with Gasteiger partial charge in [-0.2, -0.15) is 0 Å². The van der Waals surface area contributed by atoms with E-state index >= 15 is 0 Å². The molecule has 6 heteroatoms. The molecular formula is C21H29FN2O3. The molecule has 0 unspecified atom stereocenters. The molecule has 0 atom stereocenters. The molecule has 0 amide bonds. The third kappa shape index (κ3) is 7.25. The number of anilines is 1. The lowest BCUT2D eigenvalue weighted by Crippen LogP contribution is -2.11. The third-order valence-electron chi connectivity index (χ3n) is 4.55. The molecule has 0 bridgehead atoms. The van der Waals surface area contributed by atoms with Gasteiger partial charge in [-0.3, -0.25) is 9.51 Å². The van der Waals surface area contributed by atoms with Crippen molar-refractivity contribution >= 4 is 11.8 Å². The van der Waals surface area contributed by atoms with Crippen LogP contribution in [-0.4, -0.2) is 30.7 Å². The van der Waals surface area contributed by atoms with E-state index in [9.17, 15) is 4.79 Å². The summed E-state index contributed by atoms with van der Waals surface area (Å²) in [5.41, 5.74) is 1.17. The van der Waals surface area contributed by atoms with Crippen LogP contribution >= 0.6 is 0 Å². The number of aliphatic carboxylic acids is 1. The fourth-order valence-electron chi connectivity index (χ4n) is 3.00. The summed E-state index contributed by atoms with van der Waals surface area (Å²) in [6.07, 6.45) is 5.80. The van der Waals surface area contributed by atoms with Gasteiger partial charge in [0.25, 0.3) is 1.45 Å². The van der Waals surface area contributed by atoms with Crippen molar-refractivity contribution in [2.45, 2.75) is 39.5 Å². The van der Waals surface area contributed by atoms with E-state index in [1.807, 2.05) is 42.5 Å². The monoisotopic (exact) mass is 378 g/mol. The van der Waals surface area contributed by atoms with Crippen LogP contribution in [0.2, 0.25) is 0 Å². The largest absolute Gasteiger partial charge is 0.494 e. The zero-order chi connectivity index (χ0) is 19.5. The molecule has 0 saturated heterocycles. The third-order valence-corrected chi connectivity index (χ3v) is 4.55. The Labute approximate surface area is 161 Å². The van der Waals surface area contributed by atoms with Gasteiger partial charge in [0.2, 0.25) is 0 Å². The number of carboxylic acids is 1. The number of ether oxygens (including phenoxy) is 1. The van der Waals surface area contributed by atoms with E-state index < -0.39 is 5.97 Å². The predicted octanol–water partition coefficient (Wildman–Crippen LogP) is 4.55. The maximum Gasteiger partial charge on any atom is 0.303 e. The maximum atomic E-state index is 10.9. The van der Waals surface area contributed by atoms with Crippen molar-refractivity contribution in [1.82, 2.24) is 4.98 Å². The van der Waals surface area contributed by atoms with Crippen molar-refractivity contribution < 1.29 is 19.4 Å². The lowest BCUT2D eigenvalue weighted by Gasteiger charge is -2.13. The number of carbonyl (C=O) groups is 1. The summed E-state index contributed by atoms with van der Waals surface area (Å²) in [4.78, 5) is 15.1. The second-order valence-electron chi connectivity index (χ2n) is 6.74. The van der Waals surface area contributed by atoms with E-state index in [-0.39, 0.29) is 19.3 Å². The molecule has 27 heavy (non-hydrogen) atoms. The minimum absolute atomic E-state index is 0.